The highest BCUT2D eigenvalue weighted by Crippen LogP contribution is 2.38. The molecule has 1 saturated carbocycles. The molecule has 0 spiro atoms. The van der Waals surface area contributed by atoms with E-state index in [0.29, 0.717) is 27.9 Å². The van der Waals surface area contributed by atoms with Crippen LogP contribution in [0.3, 0.4) is 0 Å². The molecule has 28 heavy (non-hydrogen) atoms. The van der Waals surface area contributed by atoms with E-state index < -0.39 is 5.56 Å². The average Bonchev–Trinajstić information content (AvgIpc) is 3.49. The molecule has 1 aromatic heterocycles. The number of hydrogen-bond donors (Lipinski definition) is 1. The first kappa shape index (κ1) is 18.7. The Morgan fingerprint density at radius 1 is 1.25 bits per heavy atom. The van der Waals surface area contributed by atoms with Crippen LogP contribution in [0.5, 0.6) is 0 Å². The summed E-state index contributed by atoms with van der Waals surface area (Å²) in [5.41, 5.74) is 1.83. The van der Waals surface area contributed by atoms with Crippen LogP contribution in [0.4, 0.5) is 11.4 Å². The fourth-order valence-corrected chi connectivity index (χ4v) is 4.11. The summed E-state index contributed by atoms with van der Waals surface area (Å²) in [4.78, 5) is 39.9. The third-order valence-corrected chi connectivity index (χ3v) is 5.91. The van der Waals surface area contributed by atoms with Gasteiger partial charge in [0.25, 0.3) is 5.56 Å². The molecule has 0 atom stereocenters. The summed E-state index contributed by atoms with van der Waals surface area (Å²) >= 11 is 1.33. The Bertz CT molecular complexity index is 980. The number of fused-ring (bicyclic) bond motifs is 1. The van der Waals surface area contributed by atoms with Gasteiger partial charge in [-0.15, -0.1) is 11.8 Å². The van der Waals surface area contributed by atoms with Crippen LogP contribution in [0, 0.1) is 0 Å². The van der Waals surface area contributed by atoms with Gasteiger partial charge in [-0.05, 0) is 36.5 Å². The summed E-state index contributed by atoms with van der Waals surface area (Å²) in [6, 6.07) is 7.74. The maximum absolute atomic E-state index is 12.9. The van der Waals surface area contributed by atoms with E-state index in [4.69, 9.17) is 0 Å². The van der Waals surface area contributed by atoms with Gasteiger partial charge in [-0.2, -0.15) is 5.10 Å². The van der Waals surface area contributed by atoms with E-state index in [1.807, 2.05) is 24.3 Å². The highest BCUT2D eigenvalue weighted by atomic mass is 32.2. The molecule has 146 valence electrons. The zero-order valence-corrected chi connectivity index (χ0v) is 16.7. The van der Waals surface area contributed by atoms with Crippen molar-refractivity contribution in [3.05, 3.63) is 46.4 Å². The number of benzene rings is 1. The van der Waals surface area contributed by atoms with E-state index in [1.165, 1.54) is 17.3 Å². The summed E-state index contributed by atoms with van der Waals surface area (Å²) in [6.45, 7) is 4.01. The summed E-state index contributed by atoms with van der Waals surface area (Å²) in [6.07, 6.45) is 3.39. The van der Waals surface area contributed by atoms with Gasteiger partial charge in [-0.3, -0.25) is 14.4 Å². The molecular weight excluding hydrogens is 376 g/mol. The fourth-order valence-electron chi connectivity index (χ4n) is 3.24. The molecule has 2 heterocycles. The number of rotatable bonds is 5. The lowest BCUT2D eigenvalue weighted by atomic mass is 10.0. The second-order valence-electron chi connectivity index (χ2n) is 7.43. The van der Waals surface area contributed by atoms with E-state index in [2.05, 4.69) is 24.3 Å². The summed E-state index contributed by atoms with van der Waals surface area (Å²) in [7, 11) is 0. The van der Waals surface area contributed by atoms with Crippen molar-refractivity contribution >= 4 is 35.0 Å². The van der Waals surface area contributed by atoms with Gasteiger partial charge in [0.2, 0.25) is 11.8 Å². The van der Waals surface area contributed by atoms with Crippen molar-refractivity contribution in [1.82, 2.24) is 9.78 Å². The van der Waals surface area contributed by atoms with Gasteiger partial charge in [0.05, 0.1) is 16.8 Å². The minimum Gasteiger partial charge on any atom is -0.324 e. The lowest BCUT2D eigenvalue weighted by molar-refractivity contribution is -0.117. The second kappa shape index (κ2) is 7.43. The van der Waals surface area contributed by atoms with Gasteiger partial charge in [-0.25, -0.2) is 4.68 Å². The number of hydrogen-bond acceptors (Lipinski definition) is 5. The van der Waals surface area contributed by atoms with Crippen molar-refractivity contribution in [2.24, 2.45) is 0 Å². The monoisotopic (exact) mass is 398 g/mol. The summed E-state index contributed by atoms with van der Waals surface area (Å²) in [5.74, 6) is 0.351. The Morgan fingerprint density at radius 2 is 1.96 bits per heavy atom. The third-order valence-electron chi connectivity index (χ3n) is 4.91. The molecular formula is C20H22N4O3S. The molecule has 0 unspecified atom stereocenters. The molecule has 0 radical (unpaired) electrons. The predicted octanol–water partition coefficient (Wildman–Crippen LogP) is 2.61. The Balaban J connectivity index is 1.53. The number of amides is 2. The average molecular weight is 398 g/mol. The molecule has 1 fully saturated rings. The fraction of sp³-hybridized carbons (Fsp3) is 0.400. The molecule has 8 heteroatoms. The van der Waals surface area contributed by atoms with Crippen LogP contribution in [-0.4, -0.2) is 33.4 Å². The van der Waals surface area contributed by atoms with Crippen LogP contribution in [0.15, 0.2) is 40.2 Å². The first-order chi connectivity index (χ1) is 13.4. The van der Waals surface area contributed by atoms with E-state index in [9.17, 15) is 14.4 Å². The van der Waals surface area contributed by atoms with Crippen molar-refractivity contribution in [3.8, 4) is 0 Å². The van der Waals surface area contributed by atoms with Crippen LogP contribution >= 0.6 is 11.8 Å². The Kier molecular flexibility index (Phi) is 4.97. The van der Waals surface area contributed by atoms with Crippen LogP contribution < -0.4 is 15.8 Å². The minimum absolute atomic E-state index is 0.0513. The predicted molar refractivity (Wildman–Crippen MR) is 109 cm³/mol. The standard InChI is InChI=1S/C20H22N4O3S/c1-12(2)13-3-5-14(6-4-13)22-17(25)10-23-20(27)19-16(9-21-23)28-11-18(26)24(19)15-7-8-15/h3-6,9,12,15H,7-8,10-11H2,1-2H3,(H,22,25). The van der Waals surface area contributed by atoms with Gasteiger partial charge >= 0.3 is 0 Å². The first-order valence-corrected chi connectivity index (χ1v) is 10.4. The lowest BCUT2D eigenvalue weighted by Gasteiger charge is -2.28. The Morgan fingerprint density at radius 3 is 2.61 bits per heavy atom. The van der Waals surface area contributed by atoms with Crippen molar-refractivity contribution in [3.63, 3.8) is 0 Å². The maximum atomic E-state index is 12.9. The molecule has 0 bridgehead atoms. The normalized spacial score (nSPS) is 16.2. The van der Waals surface area contributed by atoms with Gasteiger partial charge in [0.1, 0.15) is 12.2 Å². The van der Waals surface area contributed by atoms with Crippen LogP contribution in [0.1, 0.15) is 38.2 Å². The first-order valence-electron chi connectivity index (χ1n) is 9.39. The number of carbonyl (C=O) groups is 2. The molecule has 0 saturated heterocycles. The third kappa shape index (κ3) is 3.69. The molecule has 4 rings (SSSR count). The van der Waals surface area contributed by atoms with Gasteiger partial charge < -0.3 is 10.2 Å². The summed E-state index contributed by atoms with van der Waals surface area (Å²) in [5, 5.41) is 6.93. The molecule has 1 aliphatic carbocycles. The Labute approximate surface area is 167 Å². The number of anilines is 2. The molecule has 7 nitrogen and oxygen atoms in total. The van der Waals surface area contributed by atoms with Crippen molar-refractivity contribution < 1.29 is 9.59 Å². The maximum Gasteiger partial charge on any atom is 0.292 e. The number of aromatic nitrogens is 2. The molecule has 1 aliphatic heterocycles. The smallest absolute Gasteiger partial charge is 0.292 e. The van der Waals surface area contributed by atoms with Gasteiger partial charge in [-0.1, -0.05) is 26.0 Å². The minimum atomic E-state index is -0.393. The van der Waals surface area contributed by atoms with Crippen molar-refractivity contribution in [1.29, 1.82) is 0 Å². The lowest BCUT2D eigenvalue weighted by Crippen LogP contribution is -2.43. The molecule has 1 aromatic carbocycles. The van der Waals surface area contributed by atoms with Crippen molar-refractivity contribution in [2.75, 3.05) is 16.0 Å². The van der Waals surface area contributed by atoms with Crippen LogP contribution in [0.25, 0.3) is 0 Å². The molecule has 2 aromatic rings. The van der Waals surface area contributed by atoms with Gasteiger partial charge in [0, 0.05) is 11.7 Å². The number of thioether (sulfide) groups is 1. The summed E-state index contributed by atoms with van der Waals surface area (Å²) < 4.78 is 1.13. The van der Waals surface area contributed by atoms with E-state index in [1.54, 1.807) is 11.1 Å². The van der Waals surface area contributed by atoms with E-state index >= 15 is 0 Å². The van der Waals surface area contributed by atoms with E-state index in [0.717, 1.165) is 17.5 Å². The van der Waals surface area contributed by atoms with Crippen molar-refractivity contribution in [2.45, 2.75) is 50.1 Å². The Hall–Kier alpha value is -2.61. The number of nitrogens with zero attached hydrogens (tertiary/aromatic N) is 3. The topological polar surface area (TPSA) is 84.3 Å². The quantitative estimate of drug-likeness (QED) is 0.837. The number of carbonyl (C=O) groups excluding carboxylic acids is 2. The van der Waals surface area contributed by atoms with Gasteiger partial charge in [0.15, 0.2) is 0 Å². The number of nitrogens with one attached hydrogen (secondary N) is 1. The molecule has 2 aliphatic rings. The van der Waals surface area contributed by atoms with Crippen LogP contribution in [0.2, 0.25) is 0 Å². The highest BCUT2D eigenvalue weighted by molar-refractivity contribution is 8.00. The largest absolute Gasteiger partial charge is 0.324 e. The molecule has 2 amide bonds. The molecule has 1 N–H and O–H groups in total. The van der Waals surface area contributed by atoms with Crippen LogP contribution in [-0.2, 0) is 16.1 Å². The highest BCUT2D eigenvalue weighted by Gasteiger charge is 2.39. The van der Waals surface area contributed by atoms with E-state index in [-0.39, 0.29) is 24.4 Å². The SMILES string of the molecule is CC(C)c1ccc(NC(=O)Cn2ncc3c(c2=O)N(C2CC2)C(=O)CS3)cc1. The zero-order chi connectivity index (χ0) is 19.8. The second-order valence-corrected chi connectivity index (χ2v) is 8.45. The zero-order valence-electron chi connectivity index (χ0n) is 15.8.